The lowest BCUT2D eigenvalue weighted by Gasteiger charge is -2.15. The minimum Gasteiger partial charge on any atom is -0.392 e. The molecule has 248 valence electrons. The number of aliphatic hydroxyl groups is 1. The Balaban J connectivity index is 0.000000439. The summed E-state index contributed by atoms with van der Waals surface area (Å²) in [5, 5.41) is 15.1. The Morgan fingerprint density at radius 3 is 2.36 bits per heavy atom. The van der Waals surface area contributed by atoms with Crippen molar-refractivity contribution < 1.29 is 35.1 Å². The third-order valence-electron chi connectivity index (χ3n) is 7.02. The smallest absolute Gasteiger partial charge is 0.392 e. The third-order valence-corrected chi connectivity index (χ3v) is 7.75. The van der Waals surface area contributed by atoms with Crippen molar-refractivity contribution in [2.75, 3.05) is 11.5 Å². The molecule has 0 atom stereocenters. The van der Waals surface area contributed by atoms with E-state index in [1.54, 1.807) is 41.3 Å². The minimum atomic E-state index is -3.66. The predicted octanol–water partition coefficient (Wildman–Crippen LogP) is 2.15. The van der Waals surface area contributed by atoms with Crippen LogP contribution in [0.25, 0.3) is 27.8 Å². The maximum Gasteiger partial charge on any atom is 0.425 e. The van der Waals surface area contributed by atoms with Crippen LogP contribution in [0.3, 0.4) is 0 Å². The number of hydrogen-bond donors (Lipinski definition) is 3. The van der Waals surface area contributed by atoms with Crippen molar-refractivity contribution in [1.29, 1.82) is 0 Å². The topological polar surface area (TPSA) is 230 Å². The average Bonchev–Trinajstić information content (AvgIpc) is 3.77. The number of aryl methyl sites for hydroxylation is 1. The van der Waals surface area contributed by atoms with Crippen LogP contribution in [-0.4, -0.2) is 65.8 Å². The Morgan fingerprint density at radius 1 is 1.11 bits per heavy atom. The van der Waals surface area contributed by atoms with Crippen LogP contribution in [0, 0.1) is 5.82 Å². The summed E-state index contributed by atoms with van der Waals surface area (Å²) in [6, 6.07) is 10.3. The molecule has 1 aliphatic carbocycles. The second-order valence-electron chi connectivity index (χ2n) is 10.4. The molecule has 0 aliphatic heterocycles. The van der Waals surface area contributed by atoms with E-state index in [2.05, 4.69) is 20.1 Å². The van der Waals surface area contributed by atoms with Gasteiger partial charge in [0.05, 0.1) is 29.6 Å². The molecular formula is C29H30FN7O8S2. The van der Waals surface area contributed by atoms with Crippen LogP contribution in [0.5, 0.6) is 0 Å². The molecule has 4 N–H and O–H groups in total. The molecule has 0 radical (unpaired) electrons. The van der Waals surface area contributed by atoms with Crippen molar-refractivity contribution in [1.82, 2.24) is 29.3 Å². The predicted molar refractivity (Wildman–Crippen MR) is 168 cm³/mol. The summed E-state index contributed by atoms with van der Waals surface area (Å²) in [5.41, 5.74) is 8.64. The molecular weight excluding hydrogens is 657 g/mol. The van der Waals surface area contributed by atoms with Crippen LogP contribution in [0.1, 0.15) is 48.2 Å². The summed E-state index contributed by atoms with van der Waals surface area (Å²) in [5.74, 6) is 0.385. The fourth-order valence-corrected chi connectivity index (χ4v) is 4.75. The number of hydrogen-bond acceptors (Lipinski definition) is 12. The van der Waals surface area contributed by atoms with Gasteiger partial charge in [-0.3, -0.25) is 18.6 Å². The van der Waals surface area contributed by atoms with E-state index in [1.807, 2.05) is 19.3 Å². The van der Waals surface area contributed by atoms with Gasteiger partial charge in [-0.2, -0.15) is 23.5 Å². The number of nitrogens with two attached hydrogens (primary N) is 1. The second-order valence-corrected chi connectivity index (χ2v) is 12.6. The zero-order valence-corrected chi connectivity index (χ0v) is 26.7. The highest BCUT2D eigenvalue weighted by Crippen LogP contribution is 2.41. The van der Waals surface area contributed by atoms with Crippen LogP contribution in [0.4, 0.5) is 10.3 Å². The number of fused-ring (bicyclic) bond motifs is 1. The first-order valence-corrected chi connectivity index (χ1v) is 16.6. The molecule has 1 aliphatic rings. The van der Waals surface area contributed by atoms with Crippen LogP contribution in [-0.2, 0) is 40.8 Å². The largest absolute Gasteiger partial charge is 0.425 e. The van der Waals surface area contributed by atoms with Gasteiger partial charge in [0.1, 0.15) is 11.6 Å². The summed E-state index contributed by atoms with van der Waals surface area (Å²) in [7, 11) is -4.95. The lowest BCUT2D eigenvalue weighted by Crippen LogP contribution is -2.20. The van der Waals surface area contributed by atoms with Gasteiger partial charge in [0.25, 0.3) is 15.7 Å². The molecule has 0 bridgehead atoms. The molecule has 0 unspecified atom stereocenters. The molecule has 1 saturated carbocycles. The standard InChI is InChI=1S/C27H24FN7O2.C2H6O3S.O3S/c1-34-13-15(12-30-34)9-23-31-25(33-27(29)32-23)19-3-2-4-22(20(19)14-36)35-8-7-17-10-18(16-5-6-16)11-21(28)24(17)26(35)37;1-2-6(3,4)5;1-4(2)3/h2-4,7-8,10-13,16,36H,5-6,9,14H2,1H3,(H2,29,31,32,33);2H2,1H3,(H,3,4,5);. The maximum atomic E-state index is 15.1. The number of benzene rings is 2. The first-order valence-electron chi connectivity index (χ1n) is 14.0. The number of aliphatic hydroxyl groups excluding tert-OH is 1. The Hall–Kier alpha value is -4.91. The Morgan fingerprint density at radius 2 is 1.79 bits per heavy atom. The molecule has 15 nitrogen and oxygen atoms in total. The van der Waals surface area contributed by atoms with Gasteiger partial charge < -0.3 is 10.8 Å². The molecule has 3 heterocycles. The number of rotatable bonds is 7. The number of pyridine rings is 1. The molecule has 0 saturated heterocycles. The van der Waals surface area contributed by atoms with Crippen molar-refractivity contribution in [2.45, 2.75) is 38.7 Å². The minimum absolute atomic E-state index is 0.0179. The molecule has 0 amide bonds. The molecule has 18 heteroatoms. The lowest BCUT2D eigenvalue weighted by atomic mass is 10.0. The molecule has 5 aromatic rings. The van der Waals surface area contributed by atoms with Crippen LogP contribution in [0.15, 0.2) is 59.8 Å². The van der Waals surface area contributed by atoms with Crippen molar-refractivity contribution in [2.24, 2.45) is 7.05 Å². The van der Waals surface area contributed by atoms with Gasteiger partial charge in [0.2, 0.25) is 5.95 Å². The van der Waals surface area contributed by atoms with Crippen molar-refractivity contribution in [3.05, 3.63) is 93.7 Å². The highest BCUT2D eigenvalue weighted by atomic mass is 32.2. The number of nitrogen functional groups attached to an aromatic ring is 1. The molecule has 3 aromatic heterocycles. The van der Waals surface area contributed by atoms with E-state index >= 15 is 4.39 Å². The first kappa shape index (κ1) is 35.0. The van der Waals surface area contributed by atoms with E-state index in [1.165, 1.54) is 17.6 Å². The average molecular weight is 688 g/mol. The van der Waals surface area contributed by atoms with Crippen LogP contribution < -0.4 is 11.3 Å². The van der Waals surface area contributed by atoms with E-state index in [4.69, 9.17) is 22.9 Å². The van der Waals surface area contributed by atoms with E-state index in [9.17, 15) is 18.3 Å². The van der Waals surface area contributed by atoms with Gasteiger partial charge in [-0.1, -0.05) is 18.2 Å². The maximum absolute atomic E-state index is 15.1. The molecule has 47 heavy (non-hydrogen) atoms. The Labute approximate surface area is 269 Å². The summed E-state index contributed by atoms with van der Waals surface area (Å²) in [4.78, 5) is 26.6. The van der Waals surface area contributed by atoms with E-state index in [0.29, 0.717) is 40.4 Å². The van der Waals surface area contributed by atoms with Gasteiger partial charge in [0.15, 0.2) is 5.82 Å². The van der Waals surface area contributed by atoms with Crippen LogP contribution in [0.2, 0.25) is 0 Å². The summed E-state index contributed by atoms with van der Waals surface area (Å²) >= 11 is 0. The van der Waals surface area contributed by atoms with Gasteiger partial charge in [-0.15, -0.1) is 12.6 Å². The molecule has 6 rings (SSSR count). The van der Waals surface area contributed by atoms with Gasteiger partial charge in [-0.25, -0.2) is 9.37 Å². The van der Waals surface area contributed by atoms with Gasteiger partial charge in [0, 0.05) is 37.0 Å². The normalized spacial score (nSPS) is 12.5. The van der Waals surface area contributed by atoms with E-state index in [0.717, 1.165) is 24.0 Å². The summed E-state index contributed by atoms with van der Waals surface area (Å²) < 4.78 is 70.4. The van der Waals surface area contributed by atoms with E-state index < -0.39 is 38.7 Å². The fraction of sp³-hybridized carbons (Fsp3) is 0.276. The quantitative estimate of drug-likeness (QED) is 0.209. The Bertz CT molecular complexity index is 2210. The molecule has 2 aromatic carbocycles. The van der Waals surface area contributed by atoms with Crippen molar-refractivity contribution in [3.63, 3.8) is 0 Å². The SMILES string of the molecule is CCS(=O)(=O)O.Cn1cc(Cc2nc(N)nc(-c3cccc(-n4ccc5cc(C6CC6)cc(F)c5c4=O)c3CO)n2)cn1.O=S(=O)=O. The lowest BCUT2D eigenvalue weighted by molar-refractivity contribution is 0.282. The monoisotopic (exact) mass is 687 g/mol. The summed E-state index contributed by atoms with van der Waals surface area (Å²) in [6.07, 6.45) is 7.67. The number of anilines is 1. The highest BCUT2D eigenvalue weighted by Gasteiger charge is 2.25. The van der Waals surface area contributed by atoms with Crippen molar-refractivity contribution in [3.8, 4) is 17.1 Å². The summed E-state index contributed by atoms with van der Waals surface area (Å²) in [6.45, 7) is 0.970. The zero-order valence-electron chi connectivity index (χ0n) is 25.1. The Kier molecular flexibility index (Phi) is 10.9. The first-order chi connectivity index (χ1) is 22.2. The number of aromatic nitrogens is 6. The van der Waals surface area contributed by atoms with Crippen LogP contribution >= 0.6 is 0 Å². The number of halogens is 1. The van der Waals surface area contributed by atoms with Crippen molar-refractivity contribution >= 4 is 37.4 Å². The fourth-order valence-electron chi connectivity index (χ4n) is 4.75. The number of nitrogens with zero attached hydrogens (tertiary/aromatic N) is 6. The van der Waals surface area contributed by atoms with Gasteiger partial charge in [-0.05, 0) is 60.4 Å². The highest BCUT2D eigenvalue weighted by molar-refractivity contribution is 7.85. The third kappa shape index (κ3) is 9.09. The zero-order chi connectivity index (χ0) is 34.5. The van der Waals surface area contributed by atoms with Gasteiger partial charge >= 0.3 is 10.6 Å². The molecule has 0 spiro atoms. The second kappa shape index (κ2) is 14.7. The molecule has 1 fully saturated rings. The van der Waals surface area contributed by atoms with E-state index in [-0.39, 0.29) is 22.9 Å².